The fourth-order valence-electron chi connectivity index (χ4n) is 1.24. The van der Waals surface area contributed by atoms with E-state index in [1.54, 1.807) is 26.0 Å². The van der Waals surface area contributed by atoms with Gasteiger partial charge in [0, 0.05) is 18.7 Å². The molecule has 0 aliphatic rings. The van der Waals surface area contributed by atoms with Crippen molar-refractivity contribution >= 4 is 5.91 Å². The normalized spacial score (nSPS) is 10.7. The summed E-state index contributed by atoms with van der Waals surface area (Å²) in [7, 11) is 0. The second kappa shape index (κ2) is 5.46. The summed E-state index contributed by atoms with van der Waals surface area (Å²) >= 11 is 0. The van der Waals surface area contributed by atoms with Gasteiger partial charge in [0.25, 0.3) is 5.91 Å². The molecule has 0 fully saturated rings. The Morgan fingerprint density at radius 2 is 2.00 bits per heavy atom. The molecule has 0 saturated carbocycles. The molecule has 0 atom stereocenters. The number of carbonyl (C=O) groups excluding carboxylic acids is 1. The van der Waals surface area contributed by atoms with Gasteiger partial charge in [0.2, 0.25) is 0 Å². The number of nitrogens with zero attached hydrogens (tertiary/aromatic N) is 1. The average molecular weight is 231 g/mol. The van der Waals surface area contributed by atoms with Crippen LogP contribution in [0.25, 0.3) is 0 Å². The van der Waals surface area contributed by atoms with Crippen LogP contribution in [-0.2, 0) is 6.54 Å². The standard InChI is InChI=1S/C13H17N3O/c1-13(2,8-15)9-16-12(17)11-5-3-10(7-14)4-6-11/h3-6H,7,9,14H2,1-2H3,(H,16,17). The SMILES string of the molecule is CC(C)(C#N)CNC(=O)c1ccc(CN)cc1. The maximum Gasteiger partial charge on any atom is 0.251 e. The molecule has 1 aromatic carbocycles. The topological polar surface area (TPSA) is 78.9 Å². The van der Waals surface area contributed by atoms with Crippen LogP contribution < -0.4 is 11.1 Å². The summed E-state index contributed by atoms with van der Waals surface area (Å²) in [6.07, 6.45) is 0. The molecule has 1 aromatic rings. The number of nitrogens with one attached hydrogen (secondary N) is 1. The fourth-order valence-corrected chi connectivity index (χ4v) is 1.24. The Hall–Kier alpha value is -1.86. The van der Waals surface area contributed by atoms with Crippen molar-refractivity contribution in [3.8, 4) is 6.07 Å². The first kappa shape index (κ1) is 13.2. The molecule has 17 heavy (non-hydrogen) atoms. The second-order valence-corrected chi connectivity index (χ2v) is 4.58. The predicted molar refractivity (Wildman–Crippen MR) is 66.1 cm³/mol. The Balaban J connectivity index is 2.62. The van der Waals surface area contributed by atoms with Gasteiger partial charge in [0.05, 0.1) is 11.5 Å². The Bertz CT molecular complexity index is 429. The molecule has 0 aromatic heterocycles. The number of nitriles is 1. The van der Waals surface area contributed by atoms with Gasteiger partial charge in [-0.3, -0.25) is 4.79 Å². The van der Waals surface area contributed by atoms with Gasteiger partial charge < -0.3 is 11.1 Å². The molecule has 4 nitrogen and oxygen atoms in total. The summed E-state index contributed by atoms with van der Waals surface area (Å²) < 4.78 is 0. The molecule has 1 amide bonds. The molecule has 90 valence electrons. The quantitative estimate of drug-likeness (QED) is 0.822. The van der Waals surface area contributed by atoms with Crippen molar-refractivity contribution < 1.29 is 4.79 Å². The first-order chi connectivity index (χ1) is 7.98. The van der Waals surface area contributed by atoms with Crippen molar-refractivity contribution in [3.63, 3.8) is 0 Å². The number of hydrogen-bond donors (Lipinski definition) is 2. The summed E-state index contributed by atoms with van der Waals surface area (Å²) in [5.74, 6) is -0.170. The van der Waals surface area contributed by atoms with E-state index < -0.39 is 5.41 Å². The van der Waals surface area contributed by atoms with Gasteiger partial charge in [-0.15, -0.1) is 0 Å². The van der Waals surface area contributed by atoms with Gasteiger partial charge in [-0.05, 0) is 31.5 Å². The number of hydrogen-bond acceptors (Lipinski definition) is 3. The molecular weight excluding hydrogens is 214 g/mol. The molecule has 0 unspecified atom stereocenters. The molecule has 0 saturated heterocycles. The summed E-state index contributed by atoms with van der Waals surface area (Å²) in [5, 5.41) is 11.6. The Kier molecular flexibility index (Phi) is 4.24. The first-order valence-electron chi connectivity index (χ1n) is 5.47. The lowest BCUT2D eigenvalue weighted by molar-refractivity contribution is 0.0943. The van der Waals surface area contributed by atoms with Crippen LogP contribution >= 0.6 is 0 Å². The van der Waals surface area contributed by atoms with Gasteiger partial charge in [0.1, 0.15) is 0 Å². The largest absolute Gasteiger partial charge is 0.350 e. The van der Waals surface area contributed by atoms with E-state index in [1.807, 2.05) is 12.1 Å². The highest BCUT2D eigenvalue weighted by Crippen LogP contribution is 2.11. The van der Waals surface area contributed by atoms with Crippen LogP contribution in [0.2, 0.25) is 0 Å². The minimum atomic E-state index is -0.549. The van der Waals surface area contributed by atoms with Crippen molar-refractivity contribution in [2.45, 2.75) is 20.4 Å². The van der Waals surface area contributed by atoms with E-state index >= 15 is 0 Å². The molecule has 0 heterocycles. The third-order valence-electron chi connectivity index (χ3n) is 2.45. The zero-order valence-electron chi connectivity index (χ0n) is 10.2. The Morgan fingerprint density at radius 1 is 1.41 bits per heavy atom. The molecule has 0 aliphatic heterocycles. The van der Waals surface area contributed by atoms with Gasteiger partial charge in [-0.2, -0.15) is 5.26 Å². The number of amides is 1. The first-order valence-corrected chi connectivity index (χ1v) is 5.47. The predicted octanol–water partition coefficient (Wildman–Crippen LogP) is 1.42. The second-order valence-electron chi connectivity index (χ2n) is 4.58. The van der Waals surface area contributed by atoms with E-state index in [0.717, 1.165) is 5.56 Å². The molecule has 0 radical (unpaired) electrons. The molecule has 1 rings (SSSR count). The molecule has 0 spiro atoms. The molecule has 4 heteroatoms. The van der Waals surface area contributed by atoms with Crippen LogP contribution in [0.4, 0.5) is 0 Å². The van der Waals surface area contributed by atoms with Crippen LogP contribution in [0.3, 0.4) is 0 Å². The van der Waals surface area contributed by atoms with Crippen molar-refractivity contribution in [3.05, 3.63) is 35.4 Å². The zero-order chi connectivity index (χ0) is 12.9. The fraction of sp³-hybridized carbons (Fsp3) is 0.385. The zero-order valence-corrected chi connectivity index (χ0v) is 10.2. The van der Waals surface area contributed by atoms with Crippen molar-refractivity contribution in [2.24, 2.45) is 11.1 Å². The molecule has 3 N–H and O–H groups in total. The van der Waals surface area contributed by atoms with E-state index in [1.165, 1.54) is 0 Å². The highest BCUT2D eigenvalue weighted by molar-refractivity contribution is 5.94. The van der Waals surface area contributed by atoms with Crippen LogP contribution in [0.1, 0.15) is 29.8 Å². The summed E-state index contributed by atoms with van der Waals surface area (Å²) in [5.41, 5.74) is 6.49. The minimum Gasteiger partial charge on any atom is -0.350 e. The third-order valence-corrected chi connectivity index (χ3v) is 2.45. The van der Waals surface area contributed by atoms with E-state index in [-0.39, 0.29) is 5.91 Å². The lowest BCUT2D eigenvalue weighted by Crippen LogP contribution is -2.33. The van der Waals surface area contributed by atoms with E-state index in [0.29, 0.717) is 18.7 Å². The Labute approximate surface area is 101 Å². The van der Waals surface area contributed by atoms with E-state index in [9.17, 15) is 4.79 Å². The van der Waals surface area contributed by atoms with Crippen molar-refractivity contribution in [1.82, 2.24) is 5.32 Å². The Morgan fingerprint density at radius 3 is 2.47 bits per heavy atom. The van der Waals surface area contributed by atoms with Gasteiger partial charge >= 0.3 is 0 Å². The van der Waals surface area contributed by atoms with Gasteiger partial charge in [0.15, 0.2) is 0 Å². The number of nitrogens with two attached hydrogens (primary N) is 1. The lowest BCUT2D eigenvalue weighted by Gasteiger charge is -2.15. The van der Waals surface area contributed by atoms with Crippen LogP contribution in [0.5, 0.6) is 0 Å². The van der Waals surface area contributed by atoms with Crippen molar-refractivity contribution in [2.75, 3.05) is 6.54 Å². The molecule has 0 bridgehead atoms. The number of rotatable bonds is 4. The van der Waals surface area contributed by atoms with Crippen LogP contribution in [0.15, 0.2) is 24.3 Å². The van der Waals surface area contributed by atoms with Gasteiger partial charge in [-0.1, -0.05) is 12.1 Å². The summed E-state index contributed by atoms with van der Waals surface area (Å²) in [6, 6.07) is 9.25. The van der Waals surface area contributed by atoms with Crippen LogP contribution in [-0.4, -0.2) is 12.5 Å². The maximum absolute atomic E-state index is 11.8. The maximum atomic E-state index is 11.8. The summed E-state index contributed by atoms with van der Waals surface area (Å²) in [6.45, 7) is 4.36. The lowest BCUT2D eigenvalue weighted by atomic mass is 9.96. The van der Waals surface area contributed by atoms with Gasteiger partial charge in [-0.25, -0.2) is 0 Å². The van der Waals surface area contributed by atoms with E-state index in [2.05, 4.69) is 11.4 Å². The number of carbonyl (C=O) groups is 1. The highest BCUT2D eigenvalue weighted by Gasteiger charge is 2.17. The van der Waals surface area contributed by atoms with Crippen LogP contribution in [0, 0.1) is 16.7 Å². The highest BCUT2D eigenvalue weighted by atomic mass is 16.1. The van der Waals surface area contributed by atoms with E-state index in [4.69, 9.17) is 11.0 Å². The van der Waals surface area contributed by atoms with Crippen molar-refractivity contribution in [1.29, 1.82) is 5.26 Å². The molecular formula is C13H17N3O. The molecule has 0 aliphatic carbocycles. The monoisotopic (exact) mass is 231 g/mol. The number of benzene rings is 1. The third kappa shape index (κ3) is 3.89. The average Bonchev–Trinajstić information content (AvgIpc) is 2.36. The minimum absolute atomic E-state index is 0.170. The summed E-state index contributed by atoms with van der Waals surface area (Å²) in [4.78, 5) is 11.8. The smallest absolute Gasteiger partial charge is 0.251 e.